The lowest BCUT2D eigenvalue weighted by Crippen LogP contribution is -2.51. The van der Waals surface area contributed by atoms with E-state index in [4.69, 9.17) is 9.84 Å². The number of carboxylic acids is 1. The van der Waals surface area contributed by atoms with Gasteiger partial charge in [-0.3, -0.25) is 9.69 Å². The summed E-state index contributed by atoms with van der Waals surface area (Å²) in [6.45, 7) is 7.55. The van der Waals surface area contributed by atoms with Crippen molar-refractivity contribution in [1.82, 2.24) is 4.90 Å². The van der Waals surface area contributed by atoms with Crippen LogP contribution in [0.15, 0.2) is 23.8 Å². The predicted octanol–water partition coefficient (Wildman–Crippen LogP) is 4.63. The molecule has 1 aliphatic carbocycles. The second-order valence-corrected chi connectivity index (χ2v) is 8.18. The Morgan fingerprint density at radius 1 is 1.22 bits per heavy atom. The number of aliphatic carboxylic acids is 1. The Labute approximate surface area is 163 Å². The van der Waals surface area contributed by atoms with Crippen LogP contribution in [0.25, 0.3) is 6.08 Å². The molecule has 27 heavy (non-hydrogen) atoms. The average molecular weight is 372 g/mol. The summed E-state index contributed by atoms with van der Waals surface area (Å²) < 4.78 is 5.96. The van der Waals surface area contributed by atoms with Gasteiger partial charge in [0.05, 0.1) is 12.5 Å². The summed E-state index contributed by atoms with van der Waals surface area (Å²) in [5.41, 5.74) is 4.06. The molecule has 0 unspecified atom stereocenters. The smallest absolute Gasteiger partial charge is 0.309 e. The van der Waals surface area contributed by atoms with Crippen LogP contribution in [-0.4, -0.2) is 42.2 Å². The SMILES string of the molecule is CCCCCCCOc1ccc2c(c1)C[C@@H](C)C(CN1CC(C(=O)O)C1)=C2. The van der Waals surface area contributed by atoms with Gasteiger partial charge >= 0.3 is 5.97 Å². The van der Waals surface area contributed by atoms with Gasteiger partial charge in [0.2, 0.25) is 0 Å². The molecule has 0 spiro atoms. The molecular weight excluding hydrogens is 338 g/mol. The fourth-order valence-corrected chi connectivity index (χ4v) is 4.00. The number of ether oxygens (including phenoxy) is 1. The molecule has 0 bridgehead atoms. The first-order valence-electron chi connectivity index (χ1n) is 10.5. The van der Waals surface area contributed by atoms with Crippen molar-refractivity contribution >= 4 is 12.0 Å². The molecule has 4 nitrogen and oxygen atoms in total. The minimum Gasteiger partial charge on any atom is -0.494 e. The summed E-state index contributed by atoms with van der Waals surface area (Å²) in [6, 6.07) is 6.46. The largest absolute Gasteiger partial charge is 0.494 e. The van der Waals surface area contributed by atoms with E-state index in [2.05, 4.69) is 43.0 Å². The van der Waals surface area contributed by atoms with Crippen LogP contribution in [0.1, 0.15) is 57.1 Å². The van der Waals surface area contributed by atoms with Gasteiger partial charge in [-0.25, -0.2) is 0 Å². The number of carbonyl (C=O) groups is 1. The summed E-state index contributed by atoms with van der Waals surface area (Å²) in [6.07, 6.45) is 9.61. The minimum atomic E-state index is -0.667. The molecular formula is C23H33NO3. The van der Waals surface area contributed by atoms with Gasteiger partial charge in [-0.1, -0.05) is 57.2 Å². The molecule has 0 saturated carbocycles. The fraction of sp³-hybridized carbons (Fsp3) is 0.609. The van der Waals surface area contributed by atoms with Crippen molar-refractivity contribution in [1.29, 1.82) is 0 Å². The fourth-order valence-electron chi connectivity index (χ4n) is 4.00. The molecule has 1 atom stereocenters. The lowest BCUT2D eigenvalue weighted by molar-refractivity contribution is -0.147. The van der Waals surface area contributed by atoms with Crippen molar-refractivity contribution in [2.24, 2.45) is 11.8 Å². The first-order valence-corrected chi connectivity index (χ1v) is 10.5. The monoisotopic (exact) mass is 371 g/mol. The number of hydrogen-bond donors (Lipinski definition) is 1. The predicted molar refractivity (Wildman–Crippen MR) is 109 cm³/mol. The first-order chi connectivity index (χ1) is 13.1. The van der Waals surface area contributed by atoms with Crippen LogP contribution in [0.5, 0.6) is 5.75 Å². The molecule has 0 radical (unpaired) electrons. The third-order valence-corrected chi connectivity index (χ3v) is 5.84. The van der Waals surface area contributed by atoms with Gasteiger partial charge in [-0.15, -0.1) is 0 Å². The van der Waals surface area contributed by atoms with Crippen molar-refractivity contribution in [3.8, 4) is 5.75 Å². The Kier molecular flexibility index (Phi) is 6.95. The highest BCUT2D eigenvalue weighted by Crippen LogP contribution is 2.32. The van der Waals surface area contributed by atoms with E-state index in [-0.39, 0.29) is 5.92 Å². The van der Waals surface area contributed by atoms with Crippen molar-refractivity contribution in [3.05, 3.63) is 34.9 Å². The number of benzene rings is 1. The van der Waals surface area contributed by atoms with E-state index >= 15 is 0 Å². The number of likely N-dealkylation sites (tertiary alicyclic amines) is 1. The maximum atomic E-state index is 11.0. The van der Waals surface area contributed by atoms with Gasteiger partial charge in [0.25, 0.3) is 0 Å². The second-order valence-electron chi connectivity index (χ2n) is 8.18. The number of unbranched alkanes of at least 4 members (excludes halogenated alkanes) is 4. The average Bonchev–Trinajstić information content (AvgIpc) is 2.60. The molecule has 1 aliphatic heterocycles. The Bertz CT molecular complexity index is 676. The zero-order valence-corrected chi connectivity index (χ0v) is 16.7. The van der Waals surface area contributed by atoms with Gasteiger partial charge < -0.3 is 9.84 Å². The van der Waals surface area contributed by atoms with E-state index in [0.717, 1.165) is 31.7 Å². The molecule has 4 heteroatoms. The van der Waals surface area contributed by atoms with Crippen LogP contribution in [0.3, 0.4) is 0 Å². The summed E-state index contributed by atoms with van der Waals surface area (Å²) in [5.74, 6) is 0.629. The number of hydrogen-bond acceptors (Lipinski definition) is 3. The molecule has 3 rings (SSSR count). The lowest BCUT2D eigenvalue weighted by Gasteiger charge is -2.38. The van der Waals surface area contributed by atoms with Gasteiger partial charge in [-0.05, 0) is 42.0 Å². The zero-order valence-electron chi connectivity index (χ0n) is 16.7. The van der Waals surface area contributed by atoms with E-state index in [1.165, 1.54) is 42.4 Å². The molecule has 1 N–H and O–H groups in total. The molecule has 1 aromatic rings. The topological polar surface area (TPSA) is 49.8 Å². The number of rotatable bonds is 10. The van der Waals surface area contributed by atoms with Crippen LogP contribution in [-0.2, 0) is 11.2 Å². The normalized spacial score (nSPS) is 19.9. The second kappa shape index (κ2) is 9.41. The molecule has 1 fully saturated rings. The van der Waals surface area contributed by atoms with Gasteiger partial charge in [-0.2, -0.15) is 0 Å². The minimum absolute atomic E-state index is 0.182. The first kappa shape index (κ1) is 19.9. The third kappa shape index (κ3) is 5.35. The van der Waals surface area contributed by atoms with Crippen molar-refractivity contribution < 1.29 is 14.6 Å². The summed E-state index contributed by atoms with van der Waals surface area (Å²) >= 11 is 0. The maximum Gasteiger partial charge on any atom is 0.309 e. The molecule has 0 amide bonds. The molecule has 1 saturated heterocycles. The van der Waals surface area contributed by atoms with Crippen LogP contribution in [0, 0.1) is 11.8 Å². The van der Waals surface area contributed by atoms with Crippen molar-refractivity contribution in [2.45, 2.75) is 52.4 Å². The quantitative estimate of drug-likeness (QED) is 0.609. The highest BCUT2D eigenvalue weighted by Gasteiger charge is 2.33. The van der Waals surface area contributed by atoms with E-state index in [0.29, 0.717) is 19.0 Å². The summed E-state index contributed by atoms with van der Waals surface area (Å²) in [4.78, 5) is 13.2. The highest BCUT2D eigenvalue weighted by molar-refractivity contribution is 5.71. The van der Waals surface area contributed by atoms with E-state index in [1.807, 2.05) is 0 Å². The highest BCUT2D eigenvalue weighted by atomic mass is 16.5. The standard InChI is InChI=1S/C23H33NO3/c1-3-4-5-6-7-10-27-22-9-8-18-12-20(17(2)11-19(18)13-22)14-24-15-21(16-24)23(25)26/h8-9,12-13,17,21H,3-7,10-11,14-16H2,1-2H3,(H,25,26)/t17-/m1/s1. The maximum absolute atomic E-state index is 11.0. The number of nitrogens with zero attached hydrogens (tertiary/aromatic N) is 1. The molecule has 1 heterocycles. The van der Waals surface area contributed by atoms with Gasteiger partial charge in [0.15, 0.2) is 0 Å². The Morgan fingerprint density at radius 2 is 2.00 bits per heavy atom. The van der Waals surface area contributed by atoms with Gasteiger partial charge in [0, 0.05) is 19.6 Å². The van der Waals surface area contributed by atoms with Crippen LogP contribution >= 0.6 is 0 Å². The van der Waals surface area contributed by atoms with Gasteiger partial charge in [0.1, 0.15) is 5.75 Å². The van der Waals surface area contributed by atoms with Crippen LogP contribution in [0.2, 0.25) is 0 Å². The van der Waals surface area contributed by atoms with E-state index in [1.54, 1.807) is 0 Å². The molecule has 2 aliphatic rings. The van der Waals surface area contributed by atoms with Crippen LogP contribution in [0.4, 0.5) is 0 Å². The summed E-state index contributed by atoms with van der Waals surface area (Å²) in [5, 5.41) is 9.03. The van der Waals surface area contributed by atoms with E-state index in [9.17, 15) is 4.79 Å². The number of carboxylic acid groups (broad SMARTS) is 1. The number of fused-ring (bicyclic) bond motifs is 1. The zero-order chi connectivity index (χ0) is 19.2. The Balaban J connectivity index is 1.51. The molecule has 0 aromatic heterocycles. The third-order valence-electron chi connectivity index (χ3n) is 5.84. The Hall–Kier alpha value is -1.81. The Morgan fingerprint density at radius 3 is 2.74 bits per heavy atom. The van der Waals surface area contributed by atoms with Crippen molar-refractivity contribution in [2.75, 3.05) is 26.2 Å². The lowest BCUT2D eigenvalue weighted by atomic mass is 9.83. The van der Waals surface area contributed by atoms with E-state index < -0.39 is 5.97 Å². The summed E-state index contributed by atoms with van der Waals surface area (Å²) in [7, 11) is 0. The van der Waals surface area contributed by atoms with Crippen LogP contribution < -0.4 is 4.74 Å². The molecule has 1 aromatic carbocycles. The molecule has 148 valence electrons. The van der Waals surface area contributed by atoms with Crippen molar-refractivity contribution in [3.63, 3.8) is 0 Å².